The van der Waals surface area contributed by atoms with Crippen LogP contribution in [0.3, 0.4) is 0 Å². The Hall–Kier alpha value is -2.62. The van der Waals surface area contributed by atoms with Gasteiger partial charge in [0.15, 0.2) is 5.65 Å². The fourth-order valence-corrected chi connectivity index (χ4v) is 4.30. The molecule has 5 rings (SSSR count). The number of anilines is 1. The van der Waals surface area contributed by atoms with Crippen molar-refractivity contribution >= 4 is 23.3 Å². The number of hydrogen-bond donors (Lipinski definition) is 1. The van der Waals surface area contributed by atoms with E-state index in [9.17, 15) is 4.79 Å². The molecule has 2 saturated heterocycles. The molecule has 1 aliphatic carbocycles. The number of carbonyl (C=O) groups excluding carboxylic acids is 1. The van der Waals surface area contributed by atoms with Gasteiger partial charge in [0.2, 0.25) is 6.41 Å². The topological polar surface area (TPSA) is 88.9 Å². The summed E-state index contributed by atoms with van der Waals surface area (Å²) in [6.45, 7) is 1.71. The molecule has 2 aromatic heterocycles. The largest absolute Gasteiger partial charge is 0.366 e. The summed E-state index contributed by atoms with van der Waals surface area (Å²) in [6.07, 6.45) is 5.84. The molecule has 4 heterocycles. The predicted molar refractivity (Wildman–Crippen MR) is 87.3 cm³/mol. The Kier molecular flexibility index (Phi) is 2.84. The first-order valence-corrected chi connectivity index (χ1v) is 8.50. The third kappa shape index (κ3) is 1.92. The molecule has 1 saturated carbocycles. The molecule has 0 radical (unpaired) electrons. The van der Waals surface area contributed by atoms with Crippen LogP contribution < -0.4 is 4.90 Å². The molecule has 2 aliphatic heterocycles. The van der Waals surface area contributed by atoms with Gasteiger partial charge >= 0.3 is 0 Å². The van der Waals surface area contributed by atoms with Crippen molar-refractivity contribution in [3.8, 4) is 6.07 Å². The number of H-pyrrole nitrogens is 1. The highest BCUT2D eigenvalue weighted by molar-refractivity contribution is 5.86. The third-order valence-corrected chi connectivity index (χ3v) is 5.70. The van der Waals surface area contributed by atoms with Crippen LogP contribution in [0.15, 0.2) is 12.3 Å². The minimum atomic E-state index is 0.0843. The first kappa shape index (κ1) is 13.8. The number of aromatic nitrogens is 3. The molecule has 0 aromatic carbocycles. The van der Waals surface area contributed by atoms with E-state index in [2.05, 4.69) is 25.9 Å². The molecule has 4 unspecified atom stereocenters. The number of pyridine rings is 1. The van der Waals surface area contributed by atoms with Gasteiger partial charge in [0.25, 0.3) is 0 Å². The molecular weight excluding hydrogens is 304 g/mol. The van der Waals surface area contributed by atoms with Crippen molar-refractivity contribution in [2.45, 2.75) is 37.3 Å². The van der Waals surface area contributed by atoms with Gasteiger partial charge in [-0.25, -0.2) is 9.97 Å². The molecule has 4 atom stereocenters. The summed E-state index contributed by atoms with van der Waals surface area (Å²) in [5, 5.41) is 9.04. The van der Waals surface area contributed by atoms with E-state index in [1.165, 1.54) is 0 Å². The Morgan fingerprint density at radius 1 is 1.33 bits per heavy atom. The van der Waals surface area contributed by atoms with Gasteiger partial charge in [-0.1, -0.05) is 0 Å². The zero-order chi connectivity index (χ0) is 16.3. The maximum atomic E-state index is 11.3. The smallest absolute Gasteiger partial charge is 0.210 e. The molecule has 122 valence electrons. The standard InChI is InChI=1S/C17H18N6O/c18-6-10-5-13(10)16-20-15-14(3-4-19-17(15)21-16)22-7-11-1-2-12(8-22)23(11)9-24/h3-4,9-13H,1-2,5,7-8H2,(H,19,20,21). The highest BCUT2D eigenvalue weighted by Crippen LogP contribution is 2.46. The number of fused-ring (bicyclic) bond motifs is 3. The normalized spacial score (nSPS) is 31.3. The SMILES string of the molecule is N#CC1CC1c1nc2nccc(N3CC4CCC(C3)N4C=O)c2[nH]1. The molecule has 24 heavy (non-hydrogen) atoms. The number of rotatable bonds is 3. The Morgan fingerprint density at radius 3 is 2.79 bits per heavy atom. The average Bonchev–Trinajstić information content (AvgIpc) is 3.20. The summed E-state index contributed by atoms with van der Waals surface area (Å²) in [5.41, 5.74) is 2.78. The number of nitriles is 1. The van der Waals surface area contributed by atoms with Crippen LogP contribution in [0.4, 0.5) is 5.69 Å². The number of carbonyl (C=O) groups is 1. The monoisotopic (exact) mass is 322 g/mol. The highest BCUT2D eigenvalue weighted by atomic mass is 16.1. The van der Waals surface area contributed by atoms with Crippen LogP contribution in [0.25, 0.3) is 11.2 Å². The lowest BCUT2D eigenvalue weighted by atomic mass is 10.2. The minimum absolute atomic E-state index is 0.0843. The molecule has 0 spiro atoms. The highest BCUT2D eigenvalue weighted by Gasteiger charge is 2.42. The summed E-state index contributed by atoms with van der Waals surface area (Å²) in [4.78, 5) is 28.0. The maximum Gasteiger partial charge on any atom is 0.210 e. The lowest BCUT2D eigenvalue weighted by molar-refractivity contribution is -0.121. The van der Waals surface area contributed by atoms with E-state index in [4.69, 9.17) is 5.26 Å². The average molecular weight is 322 g/mol. The Bertz CT molecular complexity index is 840. The zero-order valence-electron chi connectivity index (χ0n) is 13.2. The van der Waals surface area contributed by atoms with E-state index in [1.807, 2.05) is 11.0 Å². The first-order chi connectivity index (χ1) is 11.8. The quantitative estimate of drug-likeness (QED) is 0.863. The van der Waals surface area contributed by atoms with Crippen LogP contribution in [0.1, 0.15) is 31.0 Å². The van der Waals surface area contributed by atoms with Crippen LogP contribution in [0.2, 0.25) is 0 Å². The number of nitrogens with one attached hydrogen (secondary N) is 1. The molecule has 1 N–H and O–H groups in total. The molecule has 7 nitrogen and oxygen atoms in total. The van der Waals surface area contributed by atoms with Crippen LogP contribution in [0, 0.1) is 17.2 Å². The second kappa shape index (κ2) is 4.94. The minimum Gasteiger partial charge on any atom is -0.366 e. The van der Waals surface area contributed by atoms with Crippen molar-refractivity contribution in [3.05, 3.63) is 18.1 Å². The van der Waals surface area contributed by atoms with Crippen LogP contribution >= 0.6 is 0 Å². The Labute approximate surface area is 139 Å². The van der Waals surface area contributed by atoms with Crippen molar-refractivity contribution in [3.63, 3.8) is 0 Å². The van der Waals surface area contributed by atoms with Crippen molar-refractivity contribution in [1.29, 1.82) is 5.26 Å². The van der Waals surface area contributed by atoms with Gasteiger partial charge in [0.05, 0.1) is 17.7 Å². The molecule has 1 amide bonds. The number of imidazole rings is 1. The van der Waals surface area contributed by atoms with E-state index in [1.54, 1.807) is 6.20 Å². The van der Waals surface area contributed by atoms with Gasteiger partial charge in [-0.15, -0.1) is 0 Å². The van der Waals surface area contributed by atoms with Crippen LogP contribution in [-0.2, 0) is 4.79 Å². The third-order valence-electron chi connectivity index (χ3n) is 5.70. The van der Waals surface area contributed by atoms with Gasteiger partial charge in [-0.2, -0.15) is 5.26 Å². The summed E-state index contributed by atoms with van der Waals surface area (Å²) in [7, 11) is 0. The van der Waals surface area contributed by atoms with E-state index in [0.717, 1.165) is 61.4 Å². The lowest BCUT2D eigenvalue weighted by Gasteiger charge is -2.40. The van der Waals surface area contributed by atoms with Crippen LogP contribution in [0.5, 0.6) is 0 Å². The second-order valence-corrected chi connectivity index (χ2v) is 7.07. The van der Waals surface area contributed by atoms with Gasteiger partial charge in [-0.3, -0.25) is 4.79 Å². The van der Waals surface area contributed by atoms with Gasteiger partial charge in [0.1, 0.15) is 11.3 Å². The fraction of sp³-hybridized carbons (Fsp3) is 0.529. The Morgan fingerprint density at radius 2 is 2.12 bits per heavy atom. The number of piperazine rings is 1. The van der Waals surface area contributed by atoms with E-state index in [0.29, 0.717) is 12.1 Å². The van der Waals surface area contributed by atoms with Crippen molar-refractivity contribution in [1.82, 2.24) is 19.9 Å². The van der Waals surface area contributed by atoms with Crippen molar-refractivity contribution in [2.24, 2.45) is 5.92 Å². The van der Waals surface area contributed by atoms with E-state index >= 15 is 0 Å². The van der Waals surface area contributed by atoms with Crippen molar-refractivity contribution < 1.29 is 4.79 Å². The predicted octanol–water partition coefficient (Wildman–Crippen LogP) is 1.39. The zero-order valence-corrected chi connectivity index (χ0v) is 13.2. The van der Waals surface area contributed by atoms with Gasteiger partial charge < -0.3 is 14.8 Å². The molecule has 3 fully saturated rings. The van der Waals surface area contributed by atoms with E-state index < -0.39 is 0 Å². The summed E-state index contributed by atoms with van der Waals surface area (Å²) in [5.74, 6) is 1.19. The number of nitrogens with zero attached hydrogens (tertiary/aromatic N) is 5. The number of amides is 1. The molecule has 3 aliphatic rings. The lowest BCUT2D eigenvalue weighted by Crippen LogP contribution is -2.53. The molecule has 7 heteroatoms. The molecular formula is C17H18N6O. The Balaban J connectivity index is 1.49. The second-order valence-electron chi connectivity index (χ2n) is 7.07. The van der Waals surface area contributed by atoms with Gasteiger partial charge in [-0.05, 0) is 25.3 Å². The van der Waals surface area contributed by atoms with Crippen molar-refractivity contribution in [2.75, 3.05) is 18.0 Å². The van der Waals surface area contributed by atoms with Crippen LogP contribution in [-0.4, -0.2) is 51.4 Å². The summed E-state index contributed by atoms with van der Waals surface area (Å²) < 4.78 is 0. The number of aromatic amines is 1. The van der Waals surface area contributed by atoms with E-state index in [-0.39, 0.29) is 11.8 Å². The van der Waals surface area contributed by atoms with Gasteiger partial charge in [0, 0.05) is 37.3 Å². The molecule has 2 aromatic rings. The summed E-state index contributed by atoms with van der Waals surface area (Å²) >= 11 is 0. The maximum absolute atomic E-state index is 11.3. The number of hydrogen-bond acceptors (Lipinski definition) is 5. The summed E-state index contributed by atoms with van der Waals surface area (Å²) in [6, 6.07) is 4.94. The fourth-order valence-electron chi connectivity index (χ4n) is 4.30. The first-order valence-electron chi connectivity index (χ1n) is 8.50. The molecule has 2 bridgehead atoms.